The number of para-hydroxylation sites is 2. The van der Waals surface area contributed by atoms with Crippen LogP contribution < -0.4 is 9.04 Å². The van der Waals surface area contributed by atoms with Gasteiger partial charge < -0.3 is 14.2 Å². The van der Waals surface area contributed by atoms with Gasteiger partial charge in [-0.25, -0.2) is 8.42 Å². The minimum Gasteiger partial charge on any atom is -0.476 e. The molecule has 0 spiro atoms. The molecule has 2 aromatic carbocycles. The maximum Gasteiger partial charge on any atom is 0.265 e. The van der Waals surface area contributed by atoms with E-state index in [0.717, 1.165) is 17.4 Å². The number of nitrogens with zero attached hydrogens (tertiary/aromatic N) is 4. The molecule has 0 bridgehead atoms. The van der Waals surface area contributed by atoms with E-state index in [0.29, 0.717) is 17.3 Å². The van der Waals surface area contributed by atoms with Gasteiger partial charge in [0.1, 0.15) is 5.75 Å². The van der Waals surface area contributed by atoms with E-state index < -0.39 is 22.0 Å². The lowest BCUT2D eigenvalue weighted by Crippen LogP contribution is -2.50. The van der Waals surface area contributed by atoms with Gasteiger partial charge in [-0.15, -0.1) is 0 Å². The molecule has 2 heterocycles. The zero-order valence-electron chi connectivity index (χ0n) is 17.3. The first-order chi connectivity index (χ1) is 14.7. The first-order valence-corrected chi connectivity index (χ1v) is 11.5. The summed E-state index contributed by atoms with van der Waals surface area (Å²) in [6.07, 6.45) is 0.111. The van der Waals surface area contributed by atoms with Crippen LogP contribution in [0.2, 0.25) is 0 Å². The maximum absolute atomic E-state index is 13.0. The number of hydrogen-bond acceptors (Lipinski definition) is 7. The molecular weight excluding hydrogens is 420 g/mol. The molecule has 4 rings (SSSR count). The van der Waals surface area contributed by atoms with E-state index in [1.54, 1.807) is 31.3 Å². The van der Waals surface area contributed by atoms with Crippen LogP contribution >= 0.6 is 0 Å². The maximum atomic E-state index is 13.0. The van der Waals surface area contributed by atoms with Crippen LogP contribution in [0.5, 0.6) is 5.75 Å². The van der Waals surface area contributed by atoms with Gasteiger partial charge in [-0.05, 0) is 25.1 Å². The summed E-state index contributed by atoms with van der Waals surface area (Å²) in [5.41, 5.74) is 2.30. The van der Waals surface area contributed by atoms with Gasteiger partial charge in [0.15, 0.2) is 6.10 Å². The van der Waals surface area contributed by atoms with Crippen molar-refractivity contribution in [1.29, 1.82) is 0 Å². The fourth-order valence-electron chi connectivity index (χ4n) is 3.39. The number of hydrogen-bond donors (Lipinski definition) is 0. The summed E-state index contributed by atoms with van der Waals surface area (Å²) in [5, 5.41) is 3.98. The quantitative estimate of drug-likeness (QED) is 0.596. The third kappa shape index (κ3) is 4.38. The number of carbonyl (C=O) groups excluding carboxylic acids is 1. The van der Waals surface area contributed by atoms with E-state index in [9.17, 15) is 13.2 Å². The molecule has 31 heavy (non-hydrogen) atoms. The van der Waals surface area contributed by atoms with E-state index >= 15 is 0 Å². The minimum absolute atomic E-state index is 0.0675. The Morgan fingerprint density at radius 1 is 1.23 bits per heavy atom. The third-order valence-corrected chi connectivity index (χ3v) is 6.05. The summed E-state index contributed by atoms with van der Waals surface area (Å²) in [6.45, 7) is 1.93. The Kier molecular flexibility index (Phi) is 5.40. The number of ether oxygens (including phenoxy) is 1. The first kappa shape index (κ1) is 20.9. The molecule has 1 aliphatic rings. The van der Waals surface area contributed by atoms with Crippen LogP contribution in [0.25, 0.3) is 11.4 Å². The Labute approximate surface area is 180 Å². The SMILES string of the molecule is Cc1cccc(-c2noc(CN(C)C(=O)C3CN(S(C)(=O)=O)c4ccccc4O3)n2)c1. The standard InChI is InChI=1S/C21H22N4O5S/c1-14-7-6-8-15(11-14)20-22-19(30-23-20)13-24(2)21(26)18-12-25(31(3,27)28)16-9-4-5-10-17(16)29-18/h4-11,18H,12-13H2,1-3H3. The van der Waals surface area contributed by atoms with Crippen molar-refractivity contribution >= 4 is 21.6 Å². The van der Waals surface area contributed by atoms with Crippen LogP contribution in [0.4, 0.5) is 5.69 Å². The number of fused-ring (bicyclic) bond motifs is 1. The lowest BCUT2D eigenvalue weighted by Gasteiger charge is -2.35. The predicted molar refractivity (Wildman–Crippen MR) is 114 cm³/mol. The Balaban J connectivity index is 1.50. The Morgan fingerprint density at radius 3 is 2.74 bits per heavy atom. The third-order valence-electron chi connectivity index (χ3n) is 4.90. The van der Waals surface area contributed by atoms with Gasteiger partial charge in [-0.3, -0.25) is 9.10 Å². The Morgan fingerprint density at radius 2 is 2.00 bits per heavy atom. The molecule has 9 nitrogen and oxygen atoms in total. The molecule has 1 atom stereocenters. The van der Waals surface area contributed by atoms with E-state index in [-0.39, 0.29) is 19.0 Å². The highest BCUT2D eigenvalue weighted by molar-refractivity contribution is 7.92. The lowest BCUT2D eigenvalue weighted by molar-refractivity contribution is -0.138. The number of amides is 1. The van der Waals surface area contributed by atoms with Crippen LogP contribution in [0, 0.1) is 6.92 Å². The van der Waals surface area contributed by atoms with Crippen molar-refractivity contribution in [3.63, 3.8) is 0 Å². The highest BCUT2D eigenvalue weighted by Gasteiger charge is 2.36. The molecule has 162 valence electrons. The molecule has 0 saturated carbocycles. The number of likely N-dealkylation sites (N-methyl/N-ethyl adjacent to an activating group) is 1. The predicted octanol–water partition coefficient (Wildman–Crippen LogP) is 2.23. The summed E-state index contributed by atoms with van der Waals surface area (Å²) in [4.78, 5) is 18.7. The second kappa shape index (κ2) is 8.03. The molecule has 3 aromatic rings. The zero-order valence-corrected chi connectivity index (χ0v) is 18.2. The Hall–Kier alpha value is -3.40. The molecule has 0 aliphatic carbocycles. The minimum atomic E-state index is -3.58. The molecule has 1 amide bonds. The van der Waals surface area contributed by atoms with Crippen molar-refractivity contribution < 1.29 is 22.5 Å². The lowest BCUT2D eigenvalue weighted by atomic mass is 10.1. The van der Waals surface area contributed by atoms with E-state index in [4.69, 9.17) is 9.26 Å². The van der Waals surface area contributed by atoms with Crippen molar-refractivity contribution in [3.05, 3.63) is 60.0 Å². The van der Waals surface area contributed by atoms with Crippen molar-refractivity contribution in [2.24, 2.45) is 0 Å². The second-order valence-electron chi connectivity index (χ2n) is 7.44. The van der Waals surface area contributed by atoms with Gasteiger partial charge in [-0.2, -0.15) is 4.98 Å². The summed E-state index contributed by atoms with van der Waals surface area (Å²) in [6, 6.07) is 14.4. The monoisotopic (exact) mass is 442 g/mol. The molecule has 1 aromatic heterocycles. The molecule has 1 unspecified atom stereocenters. The molecule has 0 radical (unpaired) electrons. The van der Waals surface area contributed by atoms with E-state index in [1.807, 2.05) is 31.2 Å². The van der Waals surface area contributed by atoms with E-state index in [2.05, 4.69) is 10.1 Å². The molecule has 0 fully saturated rings. The summed E-state index contributed by atoms with van der Waals surface area (Å²) in [5.74, 6) is 0.651. The van der Waals surface area contributed by atoms with Crippen LogP contribution in [0.1, 0.15) is 11.5 Å². The zero-order chi connectivity index (χ0) is 22.2. The number of carbonyl (C=O) groups is 1. The van der Waals surface area contributed by atoms with Gasteiger partial charge in [0.05, 0.1) is 25.0 Å². The highest BCUT2D eigenvalue weighted by Crippen LogP contribution is 2.35. The molecule has 0 N–H and O–H groups in total. The number of aryl methyl sites for hydroxylation is 1. The largest absolute Gasteiger partial charge is 0.476 e. The number of aromatic nitrogens is 2. The van der Waals surface area contributed by atoms with Crippen molar-refractivity contribution in [2.45, 2.75) is 19.6 Å². The fourth-order valence-corrected chi connectivity index (χ4v) is 4.31. The topological polar surface area (TPSA) is 106 Å². The van der Waals surface area contributed by atoms with Gasteiger partial charge in [-0.1, -0.05) is 41.1 Å². The highest BCUT2D eigenvalue weighted by atomic mass is 32.2. The second-order valence-corrected chi connectivity index (χ2v) is 9.35. The summed E-state index contributed by atoms with van der Waals surface area (Å²) in [7, 11) is -2.00. The molecular formula is C21H22N4O5S. The van der Waals surface area contributed by atoms with Crippen molar-refractivity contribution in [1.82, 2.24) is 15.0 Å². The number of anilines is 1. The average Bonchev–Trinajstić information content (AvgIpc) is 3.20. The van der Waals surface area contributed by atoms with Gasteiger partial charge >= 0.3 is 0 Å². The first-order valence-electron chi connectivity index (χ1n) is 9.60. The smallest absolute Gasteiger partial charge is 0.265 e. The summed E-state index contributed by atoms with van der Waals surface area (Å²) >= 11 is 0. The van der Waals surface area contributed by atoms with E-state index in [1.165, 1.54) is 9.21 Å². The van der Waals surface area contributed by atoms with Crippen LogP contribution in [0.15, 0.2) is 53.1 Å². The number of benzene rings is 2. The number of rotatable bonds is 5. The normalized spacial score (nSPS) is 15.8. The van der Waals surface area contributed by atoms with Gasteiger partial charge in [0, 0.05) is 12.6 Å². The molecule has 10 heteroatoms. The fraction of sp³-hybridized carbons (Fsp3) is 0.286. The Bertz CT molecular complexity index is 1220. The molecule has 1 aliphatic heterocycles. The summed E-state index contributed by atoms with van der Waals surface area (Å²) < 4.78 is 36.8. The van der Waals surface area contributed by atoms with Crippen LogP contribution in [-0.2, 0) is 21.4 Å². The van der Waals surface area contributed by atoms with Crippen molar-refractivity contribution in [3.8, 4) is 17.1 Å². The van der Waals surface area contributed by atoms with Crippen LogP contribution in [-0.4, -0.2) is 55.3 Å². The van der Waals surface area contributed by atoms with Gasteiger partial charge in [0.2, 0.25) is 21.7 Å². The van der Waals surface area contributed by atoms with Crippen LogP contribution in [0.3, 0.4) is 0 Å². The number of sulfonamides is 1. The molecule has 0 saturated heterocycles. The average molecular weight is 442 g/mol. The van der Waals surface area contributed by atoms with Gasteiger partial charge in [0.25, 0.3) is 5.91 Å². The van der Waals surface area contributed by atoms with Crippen molar-refractivity contribution in [2.75, 3.05) is 24.2 Å².